The van der Waals surface area contributed by atoms with E-state index in [0.29, 0.717) is 32.1 Å². The maximum atomic E-state index is 13.8. The third-order valence-electron chi connectivity index (χ3n) is 11.7. The molecule has 0 aromatic carbocycles. The summed E-state index contributed by atoms with van der Waals surface area (Å²) < 4.78 is 52.2. The van der Waals surface area contributed by atoms with Crippen molar-refractivity contribution >= 4 is 33.4 Å². The maximum absolute atomic E-state index is 13.8. The van der Waals surface area contributed by atoms with E-state index >= 15 is 0 Å². The summed E-state index contributed by atoms with van der Waals surface area (Å²) in [7, 11) is -11.4. The summed E-state index contributed by atoms with van der Waals surface area (Å²) in [4.78, 5) is 70.5. The molecule has 404 valence electrons. The number of carbonyl (C=O) groups is 3. The normalized spacial score (nSPS) is 29.6. The smallest absolute Gasteiger partial charge is 0.462 e. The Balaban J connectivity index is 2.25. The molecule has 0 saturated heterocycles. The van der Waals surface area contributed by atoms with Crippen LogP contribution in [0.2, 0.25) is 0 Å². The van der Waals surface area contributed by atoms with E-state index in [9.17, 15) is 63.7 Å². The molecule has 0 spiro atoms. The zero-order chi connectivity index (χ0) is 52.5. The summed E-state index contributed by atoms with van der Waals surface area (Å²) in [5.74, 6) is -5.36. The van der Waals surface area contributed by atoms with E-state index in [1.165, 1.54) is 31.4 Å². The molecule has 1 aliphatic heterocycles. The van der Waals surface area contributed by atoms with Gasteiger partial charge < -0.3 is 49.7 Å². The quantitative estimate of drug-likeness (QED) is 0.0187. The number of phosphoric ester groups is 2. The van der Waals surface area contributed by atoms with Crippen molar-refractivity contribution in [1.82, 2.24) is 0 Å². The largest absolute Gasteiger partial charge is 0.472 e. The number of esters is 2. The number of unbranched alkanes of at least 4 members (excludes halogenated alkanes) is 8. The van der Waals surface area contributed by atoms with Crippen molar-refractivity contribution in [1.29, 1.82) is 0 Å². The van der Waals surface area contributed by atoms with Crippen molar-refractivity contribution in [3.63, 3.8) is 0 Å². The van der Waals surface area contributed by atoms with Gasteiger partial charge in [0, 0.05) is 18.8 Å². The van der Waals surface area contributed by atoms with Gasteiger partial charge in [0.1, 0.15) is 31.0 Å². The van der Waals surface area contributed by atoms with Gasteiger partial charge in [-0.15, -0.1) is 0 Å². The molecular formula is C51H82O18P2. The van der Waals surface area contributed by atoms with Gasteiger partial charge in [-0.3, -0.25) is 28.0 Å². The molecule has 2 bridgehead atoms. The van der Waals surface area contributed by atoms with Crippen LogP contribution in [0.15, 0.2) is 85.1 Å². The minimum absolute atomic E-state index is 0.0631. The molecule has 11 atom stereocenters. The summed E-state index contributed by atoms with van der Waals surface area (Å²) in [5, 5.41) is 56.6. The second-order valence-electron chi connectivity index (χ2n) is 17.8. The fourth-order valence-electron chi connectivity index (χ4n) is 7.62. The van der Waals surface area contributed by atoms with E-state index in [-0.39, 0.29) is 25.7 Å². The van der Waals surface area contributed by atoms with Crippen LogP contribution in [0.4, 0.5) is 0 Å². The van der Waals surface area contributed by atoms with Gasteiger partial charge in [-0.05, 0) is 83.1 Å². The van der Waals surface area contributed by atoms with Crippen molar-refractivity contribution in [3.8, 4) is 0 Å². The topological polar surface area (TPSA) is 293 Å². The minimum Gasteiger partial charge on any atom is -0.462 e. The van der Waals surface area contributed by atoms with Gasteiger partial charge in [0.05, 0.1) is 30.8 Å². The molecule has 0 aromatic heterocycles. The average Bonchev–Trinajstić information content (AvgIpc) is 3.32. The highest BCUT2D eigenvalue weighted by Gasteiger charge is 2.50. The first-order valence-electron chi connectivity index (χ1n) is 25.2. The molecule has 1 heterocycles. The Hall–Kier alpha value is -3.19. The van der Waals surface area contributed by atoms with Gasteiger partial charge >= 0.3 is 27.6 Å². The van der Waals surface area contributed by atoms with Gasteiger partial charge in [0.25, 0.3) is 0 Å². The summed E-state index contributed by atoms with van der Waals surface area (Å²) in [6.07, 6.45) is 20.4. The standard InChI is InChI=1S/C51H82O18P2/c1-3-5-7-8-9-10-11-12-13-14-15-16-17-18-19-20-21-22-28-32-45(55)67-41-37-65-44(54)31-27-24-23-26-29-39-33-36-43(53)42(35-34-40(52)30-25-6-4-2)47(57)50(68-70(60,61)62)51(49(59)48(58)46(39)56)69-71(63,64)66-38-41/h9-10,12-13,15-16,18-19,23,26,33-36,39-42,46-52,56-59H,3-8,11,14,17,20-22,24-25,27-32,37-38H2,1-2H3,(H,63,64)(H2,60,61,62)/b10-9-,13-12-,16-15-,19-18-,26-23-,35-34+,36-33-/t39-,40-,41+,42-,46+,47+,48-,49+,50+,51-/m0/s1. The number of phosphoric acid groups is 2. The summed E-state index contributed by atoms with van der Waals surface area (Å²) in [5.41, 5.74) is 0. The second-order valence-corrected chi connectivity index (χ2v) is 20.4. The third kappa shape index (κ3) is 28.7. The number of ketones is 1. The number of ether oxygens (including phenoxy) is 2. The van der Waals surface area contributed by atoms with Crippen LogP contribution in [0, 0.1) is 11.8 Å². The number of aliphatic hydroxyl groups is 5. The number of fused-ring (bicyclic) bond motifs is 4. The molecule has 2 aliphatic rings. The first kappa shape index (κ1) is 63.9. The van der Waals surface area contributed by atoms with Crippen LogP contribution in [0.5, 0.6) is 0 Å². The number of aliphatic hydroxyl groups excluding tert-OH is 5. The third-order valence-corrected chi connectivity index (χ3v) is 13.2. The summed E-state index contributed by atoms with van der Waals surface area (Å²) in [6, 6.07) is 0. The Morgan fingerprint density at radius 3 is 2.07 bits per heavy atom. The molecule has 0 amide bonds. The van der Waals surface area contributed by atoms with E-state index in [1.54, 1.807) is 12.2 Å². The van der Waals surface area contributed by atoms with Crippen LogP contribution in [0.1, 0.15) is 142 Å². The molecule has 8 N–H and O–H groups in total. The number of allylic oxidation sites excluding steroid dienone is 11. The van der Waals surface area contributed by atoms with Crippen LogP contribution in [-0.2, 0) is 46.6 Å². The predicted molar refractivity (Wildman–Crippen MR) is 268 cm³/mol. The monoisotopic (exact) mass is 1040 g/mol. The Kier molecular flexibility index (Phi) is 33.0. The van der Waals surface area contributed by atoms with Gasteiger partial charge in [-0.1, -0.05) is 131 Å². The molecule has 1 aliphatic carbocycles. The van der Waals surface area contributed by atoms with Crippen molar-refractivity contribution in [2.45, 2.75) is 191 Å². The summed E-state index contributed by atoms with van der Waals surface area (Å²) >= 11 is 0. The lowest BCUT2D eigenvalue weighted by Crippen LogP contribution is -2.56. The van der Waals surface area contributed by atoms with Crippen molar-refractivity contribution in [3.05, 3.63) is 85.1 Å². The predicted octanol–water partition coefficient (Wildman–Crippen LogP) is 7.79. The van der Waals surface area contributed by atoms with Crippen molar-refractivity contribution in [2.75, 3.05) is 13.2 Å². The minimum atomic E-state index is -5.76. The lowest BCUT2D eigenvalue weighted by Gasteiger charge is -2.38. The average molecular weight is 1050 g/mol. The highest BCUT2D eigenvalue weighted by atomic mass is 31.2. The van der Waals surface area contributed by atoms with Crippen LogP contribution in [-0.4, -0.2) is 120 Å². The van der Waals surface area contributed by atoms with Gasteiger partial charge in [-0.2, -0.15) is 0 Å². The number of rotatable bonds is 25. The second kappa shape index (κ2) is 36.7. The molecule has 18 nitrogen and oxygen atoms in total. The maximum Gasteiger partial charge on any atom is 0.472 e. The van der Waals surface area contributed by atoms with E-state index in [4.69, 9.17) is 23.0 Å². The molecule has 0 radical (unpaired) electrons. The number of hydrogen-bond acceptors (Lipinski definition) is 15. The van der Waals surface area contributed by atoms with Gasteiger partial charge in [0.15, 0.2) is 11.9 Å². The van der Waals surface area contributed by atoms with Crippen LogP contribution in [0.3, 0.4) is 0 Å². The lowest BCUT2D eigenvalue weighted by atomic mass is 9.87. The molecule has 0 fully saturated rings. The van der Waals surface area contributed by atoms with Gasteiger partial charge in [0.2, 0.25) is 0 Å². The van der Waals surface area contributed by atoms with E-state index in [0.717, 1.165) is 63.5 Å². The molecule has 2 rings (SSSR count). The SMILES string of the molecule is CCCCC/C=C\C/C=C\C/C=C\C/C=C\CCCCCC(=O)O[C@@H]1COC(=O)CCC/C=C\C[C@H]2/C=C\C(=O)[C@H](/C=C/[C@@H](O)CCCCC)[C@@H](O)[C@@H](OP(=O)(O)O)[C@@H](OP(=O)(O)OC1)[C@H](O)[C@@H](O)[C@@H]2O. The molecular weight excluding hydrogens is 962 g/mol. The van der Waals surface area contributed by atoms with Crippen molar-refractivity contribution in [2.24, 2.45) is 11.8 Å². The first-order chi connectivity index (χ1) is 33.9. The van der Waals surface area contributed by atoms with Crippen LogP contribution in [0.25, 0.3) is 0 Å². The first-order valence-corrected chi connectivity index (χ1v) is 28.2. The lowest BCUT2D eigenvalue weighted by molar-refractivity contribution is -0.163. The zero-order valence-corrected chi connectivity index (χ0v) is 43.3. The molecule has 0 saturated carbocycles. The summed E-state index contributed by atoms with van der Waals surface area (Å²) in [6.45, 7) is 2.55. The van der Waals surface area contributed by atoms with Gasteiger partial charge in [-0.25, -0.2) is 9.13 Å². The fraction of sp³-hybridized carbons (Fsp3) is 0.667. The van der Waals surface area contributed by atoms with Crippen LogP contribution < -0.4 is 0 Å². The Morgan fingerprint density at radius 1 is 0.817 bits per heavy atom. The Labute approximate surface area is 420 Å². The number of cyclic esters (lactones) is 1. The zero-order valence-electron chi connectivity index (χ0n) is 41.5. The molecule has 1 unspecified atom stereocenters. The Bertz CT molecular complexity index is 1840. The molecule has 20 heteroatoms. The van der Waals surface area contributed by atoms with E-state index in [2.05, 4.69) is 55.5 Å². The molecule has 0 aromatic rings. The van der Waals surface area contributed by atoms with Crippen LogP contribution >= 0.6 is 15.6 Å². The van der Waals surface area contributed by atoms with E-state index in [1.807, 2.05) is 6.92 Å². The molecule has 71 heavy (non-hydrogen) atoms. The fourth-order valence-corrected chi connectivity index (χ4v) is 9.15. The number of hydrogen-bond donors (Lipinski definition) is 8. The highest BCUT2D eigenvalue weighted by molar-refractivity contribution is 7.47. The Morgan fingerprint density at radius 2 is 1.44 bits per heavy atom. The number of carbonyl (C=O) groups excluding carboxylic acids is 3. The van der Waals surface area contributed by atoms with E-state index < -0.39 is 107 Å². The van der Waals surface area contributed by atoms with Crippen molar-refractivity contribution < 1.29 is 86.8 Å². The highest BCUT2D eigenvalue weighted by Crippen LogP contribution is 2.49.